The second-order valence-electron chi connectivity index (χ2n) is 12.7. The van der Waals surface area contributed by atoms with E-state index in [1.807, 2.05) is 0 Å². The van der Waals surface area contributed by atoms with Gasteiger partial charge in [0.25, 0.3) is 0 Å². The molecule has 3 nitrogen and oxygen atoms in total. The molecular formula is C27H42O3. The summed E-state index contributed by atoms with van der Waals surface area (Å²) in [6.07, 6.45) is 13.5. The summed E-state index contributed by atoms with van der Waals surface area (Å²) in [4.78, 5) is 0. The molecular weight excluding hydrogens is 372 g/mol. The van der Waals surface area contributed by atoms with Crippen LogP contribution >= 0.6 is 0 Å². The van der Waals surface area contributed by atoms with Crippen LogP contribution in [0.1, 0.15) is 85.5 Å². The topological polar surface area (TPSA) is 38.7 Å². The molecule has 5 fully saturated rings. The molecule has 1 spiro atoms. The van der Waals surface area contributed by atoms with E-state index in [1.54, 1.807) is 5.57 Å². The maximum Gasteiger partial charge on any atom is 0.171 e. The van der Waals surface area contributed by atoms with Gasteiger partial charge in [0.1, 0.15) is 0 Å². The highest BCUT2D eigenvalue weighted by molar-refractivity contribution is 5.26. The molecule has 2 aliphatic heterocycles. The van der Waals surface area contributed by atoms with E-state index < -0.39 is 0 Å². The van der Waals surface area contributed by atoms with Gasteiger partial charge in [-0.05, 0) is 91.8 Å². The van der Waals surface area contributed by atoms with Crippen LogP contribution in [0.2, 0.25) is 0 Å². The summed E-state index contributed by atoms with van der Waals surface area (Å²) in [6.45, 7) is 10.8. The molecule has 7 unspecified atom stereocenters. The monoisotopic (exact) mass is 414 g/mol. The van der Waals surface area contributed by atoms with Gasteiger partial charge in [0, 0.05) is 12.3 Å². The second-order valence-corrected chi connectivity index (χ2v) is 12.7. The van der Waals surface area contributed by atoms with E-state index in [9.17, 15) is 5.11 Å². The highest BCUT2D eigenvalue weighted by Gasteiger charge is 2.68. The molecule has 0 aromatic rings. The fourth-order valence-corrected chi connectivity index (χ4v) is 9.66. The number of allylic oxidation sites excluding steroid dienone is 1. The molecule has 2 heterocycles. The molecule has 3 heteroatoms. The summed E-state index contributed by atoms with van der Waals surface area (Å²) in [6, 6.07) is 0. The zero-order valence-electron chi connectivity index (χ0n) is 19.5. The average molecular weight is 415 g/mol. The lowest BCUT2D eigenvalue weighted by Gasteiger charge is -2.58. The maximum atomic E-state index is 10.3. The van der Waals surface area contributed by atoms with Crippen molar-refractivity contribution in [1.82, 2.24) is 0 Å². The summed E-state index contributed by atoms with van der Waals surface area (Å²) in [5.74, 6) is 3.94. The third-order valence-corrected chi connectivity index (χ3v) is 11.3. The Morgan fingerprint density at radius 3 is 2.63 bits per heavy atom. The van der Waals surface area contributed by atoms with Gasteiger partial charge in [0.05, 0.1) is 18.8 Å². The molecule has 30 heavy (non-hydrogen) atoms. The first-order valence-electron chi connectivity index (χ1n) is 13.0. The summed E-state index contributed by atoms with van der Waals surface area (Å²) >= 11 is 0. The highest BCUT2D eigenvalue weighted by Crippen LogP contribution is 2.70. The van der Waals surface area contributed by atoms with Crippen LogP contribution in [0.15, 0.2) is 11.6 Å². The number of rotatable bonds is 0. The van der Waals surface area contributed by atoms with Gasteiger partial charge in [0.15, 0.2) is 5.79 Å². The Bertz CT molecular complexity index is 736. The Balaban J connectivity index is 1.28. The molecule has 0 amide bonds. The Hall–Kier alpha value is -0.380. The van der Waals surface area contributed by atoms with Gasteiger partial charge in [-0.1, -0.05) is 39.3 Å². The van der Waals surface area contributed by atoms with E-state index >= 15 is 0 Å². The predicted octanol–water partition coefficient (Wildman–Crippen LogP) is 5.71. The Kier molecular flexibility index (Phi) is 4.44. The van der Waals surface area contributed by atoms with Gasteiger partial charge in [-0.2, -0.15) is 0 Å². The third-order valence-electron chi connectivity index (χ3n) is 11.3. The van der Waals surface area contributed by atoms with Gasteiger partial charge >= 0.3 is 0 Å². The first-order valence-corrected chi connectivity index (χ1v) is 13.0. The lowest BCUT2D eigenvalue weighted by Crippen LogP contribution is -2.52. The minimum Gasteiger partial charge on any atom is -0.393 e. The van der Waals surface area contributed by atoms with Crippen LogP contribution in [0.25, 0.3) is 0 Å². The molecule has 3 saturated carbocycles. The Morgan fingerprint density at radius 2 is 1.87 bits per heavy atom. The summed E-state index contributed by atoms with van der Waals surface area (Å²) in [7, 11) is 0. The van der Waals surface area contributed by atoms with E-state index in [0.29, 0.717) is 34.7 Å². The lowest BCUT2D eigenvalue weighted by molar-refractivity contribution is -0.272. The van der Waals surface area contributed by atoms with Gasteiger partial charge < -0.3 is 14.6 Å². The van der Waals surface area contributed by atoms with Crippen molar-refractivity contribution in [2.24, 2.45) is 46.3 Å². The van der Waals surface area contributed by atoms with Crippen molar-refractivity contribution < 1.29 is 14.6 Å². The van der Waals surface area contributed by atoms with Crippen molar-refractivity contribution in [2.75, 3.05) is 6.61 Å². The van der Waals surface area contributed by atoms with E-state index in [1.165, 1.54) is 38.5 Å². The highest BCUT2D eigenvalue weighted by atomic mass is 16.7. The molecule has 0 bridgehead atoms. The van der Waals surface area contributed by atoms with Crippen LogP contribution in [0.4, 0.5) is 0 Å². The first-order chi connectivity index (χ1) is 14.3. The number of aliphatic hydroxyl groups is 1. The van der Waals surface area contributed by atoms with Crippen molar-refractivity contribution in [3.63, 3.8) is 0 Å². The predicted molar refractivity (Wildman–Crippen MR) is 118 cm³/mol. The molecule has 1 N–H and O–H groups in total. The molecule has 168 valence electrons. The number of hydrogen-bond donors (Lipinski definition) is 1. The summed E-state index contributed by atoms with van der Waals surface area (Å²) < 4.78 is 13.3. The molecule has 2 saturated heterocycles. The van der Waals surface area contributed by atoms with E-state index in [0.717, 1.165) is 43.6 Å². The SMILES string of the molecule is CC1CCC2(OC1)O[C@H]1CC3C4CC=C5C[C@@H](O)CC[C@]5(C)C4CC[C@]3(C)C1C2C. The molecule has 6 rings (SSSR count). The maximum absolute atomic E-state index is 10.3. The third kappa shape index (κ3) is 2.55. The second kappa shape index (κ2) is 6.58. The number of aliphatic hydroxyl groups excluding tert-OH is 1. The van der Waals surface area contributed by atoms with Crippen LogP contribution < -0.4 is 0 Å². The fourth-order valence-electron chi connectivity index (χ4n) is 9.66. The van der Waals surface area contributed by atoms with E-state index in [-0.39, 0.29) is 11.9 Å². The average Bonchev–Trinajstić information content (AvgIpc) is 3.16. The van der Waals surface area contributed by atoms with Crippen LogP contribution in [0.5, 0.6) is 0 Å². The zero-order chi connectivity index (χ0) is 20.9. The van der Waals surface area contributed by atoms with Crippen molar-refractivity contribution in [2.45, 2.75) is 103 Å². The number of fused-ring (bicyclic) bond motifs is 7. The minimum absolute atomic E-state index is 0.107. The van der Waals surface area contributed by atoms with Crippen molar-refractivity contribution >= 4 is 0 Å². The fraction of sp³-hybridized carbons (Fsp3) is 0.926. The van der Waals surface area contributed by atoms with Crippen molar-refractivity contribution in [1.29, 1.82) is 0 Å². The number of hydrogen-bond acceptors (Lipinski definition) is 3. The normalized spacial score (nSPS) is 59.8. The first kappa shape index (κ1) is 20.2. The smallest absolute Gasteiger partial charge is 0.171 e. The van der Waals surface area contributed by atoms with Crippen molar-refractivity contribution in [3.05, 3.63) is 11.6 Å². The van der Waals surface area contributed by atoms with Gasteiger partial charge in [-0.15, -0.1) is 0 Å². The molecule has 0 aromatic heterocycles. The standard InChI is InChI=1S/C27H42O3/c1-16-7-12-27(29-15-16)17(2)24-23(30-27)14-22-20-6-5-18-13-19(28)8-10-25(18,3)21(20)9-11-26(22,24)4/h5,16-17,19-24,28H,6-15H2,1-4H3/t16?,17?,19-,20?,21?,22?,23-,24?,25-,26-,27?/m0/s1. The van der Waals surface area contributed by atoms with E-state index in [4.69, 9.17) is 9.47 Å². The molecule has 0 radical (unpaired) electrons. The van der Waals surface area contributed by atoms with Gasteiger partial charge in [-0.3, -0.25) is 0 Å². The summed E-state index contributed by atoms with van der Waals surface area (Å²) in [5.41, 5.74) is 2.31. The molecule has 11 atom stereocenters. The van der Waals surface area contributed by atoms with Crippen LogP contribution in [0, 0.1) is 46.3 Å². The van der Waals surface area contributed by atoms with Crippen LogP contribution in [-0.4, -0.2) is 29.7 Å². The van der Waals surface area contributed by atoms with Crippen LogP contribution in [0.3, 0.4) is 0 Å². The van der Waals surface area contributed by atoms with Gasteiger partial charge in [-0.25, -0.2) is 0 Å². The quantitative estimate of drug-likeness (QED) is 0.516. The van der Waals surface area contributed by atoms with Crippen molar-refractivity contribution in [3.8, 4) is 0 Å². The lowest BCUT2D eigenvalue weighted by atomic mass is 9.47. The molecule has 0 aromatic carbocycles. The molecule has 4 aliphatic carbocycles. The minimum atomic E-state index is -0.294. The number of ether oxygens (including phenoxy) is 2. The van der Waals surface area contributed by atoms with Crippen LogP contribution in [-0.2, 0) is 9.47 Å². The van der Waals surface area contributed by atoms with Gasteiger partial charge in [0.2, 0.25) is 0 Å². The molecule has 6 aliphatic rings. The Morgan fingerprint density at radius 1 is 1.03 bits per heavy atom. The largest absolute Gasteiger partial charge is 0.393 e. The zero-order valence-corrected chi connectivity index (χ0v) is 19.5. The summed E-state index contributed by atoms with van der Waals surface area (Å²) in [5, 5.41) is 10.3. The van der Waals surface area contributed by atoms with E-state index in [2.05, 4.69) is 33.8 Å². The Labute approximate surface area is 183 Å².